The first-order valence-electron chi connectivity index (χ1n) is 9.03. The molecule has 3 rings (SSSR count). The highest BCUT2D eigenvalue weighted by Crippen LogP contribution is 2.17. The number of carboxylic acid groups (broad SMARTS) is 1. The fourth-order valence-corrected chi connectivity index (χ4v) is 3.57. The SMILES string of the molecule is CCSCCC(NC(=O)c1cnn(-c2ccc3ccccc3n2)c1C)C(=O)O. The molecule has 1 atom stereocenters. The van der Waals surface area contributed by atoms with Gasteiger partial charge in [0, 0.05) is 5.39 Å². The molecule has 7 nitrogen and oxygen atoms in total. The summed E-state index contributed by atoms with van der Waals surface area (Å²) in [6, 6.07) is 10.6. The van der Waals surface area contributed by atoms with Gasteiger partial charge in [-0.15, -0.1) is 0 Å². The zero-order chi connectivity index (χ0) is 20.1. The van der Waals surface area contributed by atoms with Gasteiger partial charge in [0.2, 0.25) is 0 Å². The standard InChI is InChI=1S/C20H22N4O3S/c1-3-28-11-10-17(20(26)27)23-19(25)15-12-21-24(13(15)2)18-9-8-14-6-4-5-7-16(14)22-18/h4-9,12,17H,3,10-11H2,1-2H3,(H,23,25)(H,26,27). The van der Waals surface area contributed by atoms with Crippen LogP contribution in [0.4, 0.5) is 0 Å². The highest BCUT2D eigenvalue weighted by Gasteiger charge is 2.23. The molecule has 0 radical (unpaired) electrons. The molecule has 1 aromatic carbocycles. The number of thioether (sulfide) groups is 1. The molecule has 28 heavy (non-hydrogen) atoms. The second kappa shape index (κ2) is 8.88. The summed E-state index contributed by atoms with van der Waals surface area (Å²) in [6.45, 7) is 3.78. The number of nitrogens with one attached hydrogen (secondary N) is 1. The molecule has 0 spiro atoms. The number of para-hydroxylation sites is 1. The zero-order valence-electron chi connectivity index (χ0n) is 15.8. The molecule has 2 heterocycles. The van der Waals surface area contributed by atoms with E-state index < -0.39 is 17.9 Å². The van der Waals surface area contributed by atoms with Crippen molar-refractivity contribution in [1.82, 2.24) is 20.1 Å². The van der Waals surface area contributed by atoms with Gasteiger partial charge < -0.3 is 10.4 Å². The maximum absolute atomic E-state index is 12.6. The van der Waals surface area contributed by atoms with Crippen molar-refractivity contribution in [3.63, 3.8) is 0 Å². The second-order valence-corrected chi connectivity index (χ2v) is 7.66. The van der Waals surface area contributed by atoms with Crippen LogP contribution in [0.1, 0.15) is 29.4 Å². The molecule has 3 aromatic rings. The Kier molecular flexibility index (Phi) is 6.30. The Hall–Kier alpha value is -2.87. The van der Waals surface area contributed by atoms with Gasteiger partial charge in [0.05, 0.1) is 23.0 Å². The lowest BCUT2D eigenvalue weighted by atomic mass is 10.2. The van der Waals surface area contributed by atoms with Gasteiger partial charge in [-0.25, -0.2) is 14.5 Å². The Morgan fingerprint density at radius 2 is 2.04 bits per heavy atom. The van der Waals surface area contributed by atoms with Crippen molar-refractivity contribution >= 4 is 34.5 Å². The van der Waals surface area contributed by atoms with Gasteiger partial charge in [-0.3, -0.25) is 4.79 Å². The van der Waals surface area contributed by atoms with Crippen molar-refractivity contribution in [3.8, 4) is 5.82 Å². The van der Waals surface area contributed by atoms with E-state index in [-0.39, 0.29) is 0 Å². The van der Waals surface area contributed by atoms with Gasteiger partial charge in [-0.05, 0) is 43.0 Å². The number of aliphatic carboxylic acids is 1. The predicted molar refractivity (Wildman–Crippen MR) is 110 cm³/mol. The third kappa shape index (κ3) is 4.33. The van der Waals surface area contributed by atoms with Crippen LogP contribution < -0.4 is 5.32 Å². The third-order valence-corrected chi connectivity index (χ3v) is 5.35. The van der Waals surface area contributed by atoms with Crippen molar-refractivity contribution < 1.29 is 14.7 Å². The zero-order valence-corrected chi connectivity index (χ0v) is 16.6. The van der Waals surface area contributed by atoms with Gasteiger partial charge in [0.25, 0.3) is 5.91 Å². The molecule has 0 aliphatic heterocycles. The number of benzene rings is 1. The van der Waals surface area contributed by atoms with E-state index in [0.717, 1.165) is 16.7 Å². The monoisotopic (exact) mass is 398 g/mol. The number of hydrogen-bond donors (Lipinski definition) is 2. The molecule has 2 N–H and O–H groups in total. The van der Waals surface area contributed by atoms with Crippen LogP contribution in [0.3, 0.4) is 0 Å². The summed E-state index contributed by atoms with van der Waals surface area (Å²) in [5, 5.41) is 17.3. The van der Waals surface area contributed by atoms with Crippen LogP contribution in [0.25, 0.3) is 16.7 Å². The number of amides is 1. The molecule has 146 valence electrons. The lowest BCUT2D eigenvalue weighted by molar-refractivity contribution is -0.139. The van der Waals surface area contributed by atoms with Crippen LogP contribution in [0.2, 0.25) is 0 Å². The Balaban J connectivity index is 1.80. The van der Waals surface area contributed by atoms with Crippen LogP contribution in [-0.2, 0) is 4.79 Å². The number of carbonyl (C=O) groups excluding carboxylic acids is 1. The number of nitrogens with zero attached hydrogens (tertiary/aromatic N) is 3. The van der Waals surface area contributed by atoms with Gasteiger partial charge in [-0.1, -0.05) is 25.1 Å². The van der Waals surface area contributed by atoms with E-state index in [0.29, 0.717) is 29.2 Å². The summed E-state index contributed by atoms with van der Waals surface area (Å²) in [7, 11) is 0. The summed E-state index contributed by atoms with van der Waals surface area (Å²) in [5.74, 6) is 0.701. The van der Waals surface area contributed by atoms with Gasteiger partial charge in [0.1, 0.15) is 6.04 Å². The lowest BCUT2D eigenvalue weighted by Crippen LogP contribution is -2.41. The van der Waals surface area contributed by atoms with E-state index in [9.17, 15) is 14.7 Å². The Morgan fingerprint density at radius 1 is 1.25 bits per heavy atom. The van der Waals surface area contributed by atoms with E-state index in [1.165, 1.54) is 6.20 Å². The number of rotatable bonds is 8. The largest absolute Gasteiger partial charge is 0.480 e. The second-order valence-electron chi connectivity index (χ2n) is 6.27. The minimum atomic E-state index is -1.04. The summed E-state index contributed by atoms with van der Waals surface area (Å²) < 4.78 is 1.59. The first-order valence-corrected chi connectivity index (χ1v) is 10.2. The van der Waals surface area contributed by atoms with Crippen molar-refractivity contribution in [2.24, 2.45) is 0 Å². The van der Waals surface area contributed by atoms with Crippen LogP contribution in [-0.4, -0.2) is 49.3 Å². The highest BCUT2D eigenvalue weighted by molar-refractivity contribution is 7.99. The molecule has 8 heteroatoms. The Morgan fingerprint density at radius 3 is 2.79 bits per heavy atom. The summed E-state index contributed by atoms with van der Waals surface area (Å²) in [4.78, 5) is 28.6. The number of carbonyl (C=O) groups is 2. The fraction of sp³-hybridized carbons (Fsp3) is 0.300. The van der Waals surface area contributed by atoms with Crippen LogP contribution in [0.15, 0.2) is 42.6 Å². The summed E-state index contributed by atoms with van der Waals surface area (Å²) >= 11 is 1.64. The maximum Gasteiger partial charge on any atom is 0.326 e. The molecule has 1 amide bonds. The van der Waals surface area contributed by atoms with Crippen molar-refractivity contribution in [2.75, 3.05) is 11.5 Å². The van der Waals surface area contributed by atoms with Crippen molar-refractivity contribution in [1.29, 1.82) is 0 Å². The summed E-state index contributed by atoms with van der Waals surface area (Å²) in [6.07, 6.45) is 1.82. The molecule has 0 saturated heterocycles. The van der Waals surface area contributed by atoms with E-state index in [1.54, 1.807) is 23.4 Å². The molecule has 0 aliphatic rings. The summed E-state index contributed by atoms with van der Waals surface area (Å²) in [5.41, 5.74) is 1.77. The number of fused-ring (bicyclic) bond motifs is 1. The first-order chi connectivity index (χ1) is 13.5. The number of pyridine rings is 1. The molecular weight excluding hydrogens is 376 g/mol. The topological polar surface area (TPSA) is 97.1 Å². The average Bonchev–Trinajstić information content (AvgIpc) is 3.08. The number of hydrogen-bond acceptors (Lipinski definition) is 5. The van der Waals surface area contributed by atoms with Gasteiger partial charge >= 0.3 is 5.97 Å². The normalized spacial score (nSPS) is 12.1. The molecular formula is C20H22N4O3S. The minimum Gasteiger partial charge on any atom is -0.480 e. The molecule has 0 fully saturated rings. The predicted octanol–water partition coefficient (Wildman–Crippen LogP) is 3.06. The number of carboxylic acids is 1. The lowest BCUT2D eigenvalue weighted by Gasteiger charge is -2.14. The molecule has 0 saturated carbocycles. The molecule has 0 bridgehead atoms. The molecule has 1 unspecified atom stereocenters. The Bertz CT molecular complexity index is 1000. The van der Waals surface area contributed by atoms with Crippen molar-refractivity contribution in [3.05, 3.63) is 53.9 Å². The molecule has 0 aliphatic carbocycles. The maximum atomic E-state index is 12.6. The van der Waals surface area contributed by atoms with Crippen LogP contribution in [0, 0.1) is 6.92 Å². The van der Waals surface area contributed by atoms with E-state index in [1.807, 2.05) is 43.3 Å². The number of aromatic nitrogens is 3. The van der Waals surface area contributed by atoms with Crippen LogP contribution >= 0.6 is 11.8 Å². The smallest absolute Gasteiger partial charge is 0.326 e. The van der Waals surface area contributed by atoms with Gasteiger partial charge in [0.15, 0.2) is 5.82 Å². The average molecular weight is 398 g/mol. The minimum absolute atomic E-state index is 0.337. The third-order valence-electron chi connectivity index (χ3n) is 4.41. The van der Waals surface area contributed by atoms with Crippen LogP contribution in [0.5, 0.6) is 0 Å². The van der Waals surface area contributed by atoms with E-state index in [4.69, 9.17) is 0 Å². The van der Waals surface area contributed by atoms with Gasteiger partial charge in [-0.2, -0.15) is 16.9 Å². The quantitative estimate of drug-likeness (QED) is 0.566. The van der Waals surface area contributed by atoms with E-state index >= 15 is 0 Å². The fourth-order valence-electron chi connectivity index (χ4n) is 2.88. The highest BCUT2D eigenvalue weighted by atomic mass is 32.2. The Labute approximate surface area is 167 Å². The molecule has 2 aromatic heterocycles. The first kappa shape index (κ1) is 19.9. The van der Waals surface area contributed by atoms with E-state index in [2.05, 4.69) is 15.4 Å². The van der Waals surface area contributed by atoms with Crippen molar-refractivity contribution in [2.45, 2.75) is 26.3 Å².